The van der Waals surface area contributed by atoms with E-state index in [0.29, 0.717) is 27.8 Å². The molecule has 4 rings (SSSR count). The molecule has 1 N–H and O–H groups in total. The number of nitrogens with zero attached hydrogens (tertiary/aromatic N) is 5. The first-order valence-electron chi connectivity index (χ1n) is 10.1. The Balaban J connectivity index is 1.59. The monoisotopic (exact) mass is 478 g/mol. The van der Waals surface area contributed by atoms with Crippen LogP contribution in [0.25, 0.3) is 16.9 Å². The zero-order valence-corrected chi connectivity index (χ0v) is 19.2. The van der Waals surface area contributed by atoms with Crippen molar-refractivity contribution in [3.63, 3.8) is 0 Å². The molecule has 0 bridgehead atoms. The second kappa shape index (κ2) is 8.29. The molecule has 0 fully saturated rings. The zero-order valence-electron chi connectivity index (χ0n) is 18.4. The molecule has 0 amide bonds. The summed E-state index contributed by atoms with van der Waals surface area (Å²) >= 11 is 1.21. The van der Waals surface area contributed by atoms with Crippen molar-refractivity contribution in [3.05, 3.63) is 59.4 Å². The molecular weight excluding hydrogens is 456 g/mol. The lowest BCUT2D eigenvalue weighted by Gasteiger charge is -2.14. The van der Waals surface area contributed by atoms with E-state index in [9.17, 15) is 17.6 Å². The van der Waals surface area contributed by atoms with E-state index in [-0.39, 0.29) is 5.82 Å². The van der Waals surface area contributed by atoms with E-state index in [2.05, 4.69) is 20.4 Å². The molecule has 0 aliphatic heterocycles. The van der Waals surface area contributed by atoms with Crippen molar-refractivity contribution in [2.45, 2.75) is 45.8 Å². The van der Waals surface area contributed by atoms with Gasteiger partial charge in [0.15, 0.2) is 5.13 Å². The predicted molar refractivity (Wildman–Crippen MR) is 120 cm³/mol. The largest absolute Gasteiger partial charge is 0.408 e. The molecule has 0 aliphatic rings. The Bertz CT molecular complexity index is 1280. The predicted octanol–water partition coefficient (Wildman–Crippen LogP) is 6.24. The van der Waals surface area contributed by atoms with Gasteiger partial charge in [0.25, 0.3) is 0 Å². The molecular formula is C22H22F4N6S. The van der Waals surface area contributed by atoms with Gasteiger partial charge in [-0.25, -0.2) is 19.0 Å². The van der Waals surface area contributed by atoms with Gasteiger partial charge >= 0.3 is 6.18 Å². The van der Waals surface area contributed by atoms with Crippen LogP contribution >= 0.6 is 11.3 Å². The summed E-state index contributed by atoms with van der Waals surface area (Å²) in [6.45, 7) is 6.23. The van der Waals surface area contributed by atoms with Crippen LogP contribution in [0.3, 0.4) is 0 Å². The number of anilines is 2. The fourth-order valence-electron chi connectivity index (χ4n) is 3.18. The third-order valence-electron chi connectivity index (χ3n) is 4.85. The van der Waals surface area contributed by atoms with Crippen LogP contribution < -0.4 is 5.32 Å². The van der Waals surface area contributed by atoms with E-state index in [0.717, 1.165) is 10.4 Å². The first-order valence-corrected chi connectivity index (χ1v) is 11.0. The summed E-state index contributed by atoms with van der Waals surface area (Å²) in [6, 6.07) is 6.33. The van der Waals surface area contributed by atoms with E-state index < -0.39 is 24.0 Å². The fourth-order valence-corrected chi connectivity index (χ4v) is 3.90. The third-order valence-corrected chi connectivity index (χ3v) is 5.61. The topological polar surface area (TPSA) is 60.6 Å². The lowest BCUT2D eigenvalue weighted by molar-refractivity contribution is -0.142. The summed E-state index contributed by atoms with van der Waals surface area (Å²) in [7, 11) is 0. The molecule has 0 aliphatic carbocycles. The number of alkyl halides is 3. The van der Waals surface area contributed by atoms with Crippen molar-refractivity contribution < 1.29 is 17.6 Å². The molecule has 0 atom stereocenters. The summed E-state index contributed by atoms with van der Waals surface area (Å²) < 4.78 is 56.3. The van der Waals surface area contributed by atoms with Gasteiger partial charge in [-0.05, 0) is 19.1 Å². The van der Waals surface area contributed by atoms with Gasteiger partial charge < -0.3 is 9.88 Å². The molecule has 174 valence electrons. The van der Waals surface area contributed by atoms with Crippen LogP contribution in [0.1, 0.15) is 32.2 Å². The van der Waals surface area contributed by atoms with Crippen molar-refractivity contribution in [2.24, 2.45) is 0 Å². The molecule has 1 aromatic carbocycles. The number of thiazole rings is 1. The summed E-state index contributed by atoms with van der Waals surface area (Å²) in [5, 5.41) is 9.16. The number of imidazole rings is 1. The Hall–Kier alpha value is -3.21. The molecule has 0 saturated carbocycles. The van der Waals surface area contributed by atoms with Crippen molar-refractivity contribution in [1.82, 2.24) is 24.3 Å². The first-order chi connectivity index (χ1) is 15.4. The van der Waals surface area contributed by atoms with E-state index in [1.807, 2.05) is 27.7 Å². The van der Waals surface area contributed by atoms with Crippen LogP contribution in [-0.4, -0.2) is 30.5 Å². The normalized spacial score (nSPS) is 12.4. The SMILES string of the molecule is Cc1cn(-c2ccc(-c3csc(Nc4cc(C(C)(C)C)nn4CC(F)(F)F)n3)cc2F)cn1. The Morgan fingerprint density at radius 3 is 2.48 bits per heavy atom. The highest BCUT2D eigenvalue weighted by atomic mass is 32.1. The van der Waals surface area contributed by atoms with E-state index in [1.165, 1.54) is 23.7 Å². The fraction of sp³-hybridized carbons (Fsp3) is 0.318. The summed E-state index contributed by atoms with van der Waals surface area (Å²) in [6.07, 6.45) is -1.16. The van der Waals surface area contributed by atoms with Crippen LogP contribution in [0.4, 0.5) is 28.5 Å². The van der Waals surface area contributed by atoms with E-state index in [4.69, 9.17) is 0 Å². The van der Waals surface area contributed by atoms with Gasteiger partial charge in [0, 0.05) is 28.6 Å². The van der Waals surface area contributed by atoms with Crippen molar-refractivity contribution in [3.8, 4) is 16.9 Å². The number of halogens is 4. The molecule has 33 heavy (non-hydrogen) atoms. The van der Waals surface area contributed by atoms with Crippen LogP contribution in [-0.2, 0) is 12.0 Å². The molecule has 0 unspecified atom stereocenters. The Kier molecular flexibility index (Phi) is 5.77. The summed E-state index contributed by atoms with van der Waals surface area (Å²) in [5.41, 5.74) is 2.29. The average molecular weight is 479 g/mol. The molecule has 0 saturated heterocycles. The smallest absolute Gasteiger partial charge is 0.316 e. The molecule has 0 spiro atoms. The van der Waals surface area contributed by atoms with Crippen LogP contribution in [0.15, 0.2) is 42.2 Å². The molecule has 3 heterocycles. The molecule has 11 heteroatoms. The van der Waals surface area contributed by atoms with Gasteiger partial charge in [0.1, 0.15) is 18.2 Å². The quantitative estimate of drug-likeness (QED) is 0.345. The minimum Gasteiger partial charge on any atom is -0.316 e. The Morgan fingerprint density at radius 1 is 1.12 bits per heavy atom. The van der Waals surface area contributed by atoms with Crippen LogP contribution in [0.2, 0.25) is 0 Å². The second-order valence-electron chi connectivity index (χ2n) is 8.69. The highest BCUT2D eigenvalue weighted by Gasteiger charge is 2.31. The number of hydrogen-bond donors (Lipinski definition) is 1. The number of benzene rings is 1. The lowest BCUT2D eigenvalue weighted by atomic mass is 9.92. The highest BCUT2D eigenvalue weighted by molar-refractivity contribution is 7.14. The molecule has 3 aromatic heterocycles. The first kappa shape index (κ1) is 23.0. The Labute approximate surface area is 191 Å². The zero-order chi connectivity index (χ0) is 24.0. The third kappa shape index (κ3) is 5.24. The lowest BCUT2D eigenvalue weighted by Crippen LogP contribution is -2.21. The molecule has 0 radical (unpaired) electrons. The van der Waals surface area contributed by atoms with Crippen molar-refractivity contribution >= 4 is 22.3 Å². The molecule has 6 nitrogen and oxygen atoms in total. The van der Waals surface area contributed by atoms with Crippen LogP contribution in [0, 0.1) is 12.7 Å². The standard InChI is InChI=1S/C22H22F4N6S/c1-13-9-31(12-27-13)17-6-5-14(7-15(17)23)16-10-33-20(28-16)29-19-8-18(21(2,3)4)30-32(19)11-22(24,25)26/h5-10,12H,11H2,1-4H3,(H,28,29). The summed E-state index contributed by atoms with van der Waals surface area (Å²) in [5.74, 6) is -0.249. The molecule has 4 aromatic rings. The maximum Gasteiger partial charge on any atom is 0.408 e. The second-order valence-corrected chi connectivity index (χ2v) is 9.55. The minimum atomic E-state index is -4.42. The van der Waals surface area contributed by atoms with E-state index in [1.54, 1.807) is 34.3 Å². The number of aryl methyl sites for hydroxylation is 1. The van der Waals surface area contributed by atoms with Gasteiger partial charge in [-0.2, -0.15) is 18.3 Å². The van der Waals surface area contributed by atoms with Crippen molar-refractivity contribution in [2.75, 3.05) is 5.32 Å². The van der Waals surface area contributed by atoms with E-state index >= 15 is 0 Å². The van der Waals surface area contributed by atoms with Gasteiger partial charge in [-0.1, -0.05) is 26.8 Å². The van der Waals surface area contributed by atoms with Gasteiger partial charge in [0.05, 0.1) is 29.1 Å². The van der Waals surface area contributed by atoms with Crippen LogP contribution in [0.5, 0.6) is 0 Å². The maximum absolute atomic E-state index is 14.7. The van der Waals surface area contributed by atoms with Gasteiger partial charge in [0.2, 0.25) is 0 Å². The minimum absolute atomic E-state index is 0.190. The number of nitrogens with one attached hydrogen (secondary N) is 1. The van der Waals surface area contributed by atoms with Gasteiger partial charge in [-0.3, -0.25) is 0 Å². The number of aromatic nitrogens is 5. The maximum atomic E-state index is 14.7. The average Bonchev–Trinajstić information content (AvgIpc) is 3.41. The summed E-state index contributed by atoms with van der Waals surface area (Å²) in [4.78, 5) is 8.54. The van der Waals surface area contributed by atoms with Crippen molar-refractivity contribution in [1.29, 1.82) is 0 Å². The number of hydrogen-bond acceptors (Lipinski definition) is 5. The highest BCUT2D eigenvalue weighted by Crippen LogP contribution is 2.32. The Morgan fingerprint density at radius 2 is 1.88 bits per heavy atom. The van der Waals surface area contributed by atoms with Gasteiger partial charge in [-0.15, -0.1) is 11.3 Å². The number of rotatable bonds is 5.